The summed E-state index contributed by atoms with van der Waals surface area (Å²) in [7, 11) is 6.60. The first kappa shape index (κ1) is 25.0. The fraction of sp³-hybridized carbons (Fsp3) is 0.0909. The molecule has 0 aliphatic heterocycles. The molecule has 0 amide bonds. The average Bonchev–Trinajstić information content (AvgIpc) is 2.96. The van der Waals surface area contributed by atoms with Gasteiger partial charge in [0.05, 0.1) is 0 Å². The molecule has 0 bridgehead atoms. The number of hydrogen-bond donors (Lipinski definition) is 0. The summed E-state index contributed by atoms with van der Waals surface area (Å²) in [5.74, 6) is 3.25. The third kappa shape index (κ3) is 6.41. The van der Waals surface area contributed by atoms with Gasteiger partial charge >= 0.3 is 235 Å². The van der Waals surface area contributed by atoms with Crippen molar-refractivity contribution in [3.8, 4) is 0 Å². The van der Waals surface area contributed by atoms with E-state index in [0.29, 0.717) is 0 Å². The number of hydrogen-bond acceptors (Lipinski definition) is 3. The van der Waals surface area contributed by atoms with E-state index in [-0.39, 0.29) is 0 Å². The molecule has 37 heavy (non-hydrogen) atoms. The van der Waals surface area contributed by atoms with Crippen molar-refractivity contribution in [3.05, 3.63) is 144 Å². The summed E-state index contributed by atoms with van der Waals surface area (Å²) >= 11 is -1.26. The van der Waals surface area contributed by atoms with Crippen molar-refractivity contribution in [2.45, 2.75) is 17.3 Å². The van der Waals surface area contributed by atoms with Crippen LogP contribution >= 0.6 is 30.1 Å². The molecule has 0 nitrogen and oxygen atoms in total. The van der Waals surface area contributed by atoms with Gasteiger partial charge in [-0.1, -0.05) is 0 Å². The van der Waals surface area contributed by atoms with Crippen molar-refractivity contribution in [1.29, 1.82) is 0 Å². The van der Waals surface area contributed by atoms with Crippen molar-refractivity contribution in [3.63, 3.8) is 0 Å². The third-order valence-electron chi connectivity index (χ3n) is 6.45. The quantitative estimate of drug-likeness (QED) is 0.153. The summed E-state index contributed by atoms with van der Waals surface area (Å²) in [6, 6.07) is 46.9. The Bertz CT molecular complexity index is 1460. The minimum absolute atomic E-state index is 1.08. The van der Waals surface area contributed by atoms with E-state index in [1.54, 1.807) is 0 Å². The van der Waals surface area contributed by atoms with Gasteiger partial charge in [-0.15, -0.1) is 0 Å². The fourth-order valence-electron chi connectivity index (χ4n) is 4.48. The molecule has 6 aromatic carbocycles. The molecule has 0 aromatic heterocycles. The second-order valence-electron chi connectivity index (χ2n) is 9.09. The Kier molecular flexibility index (Phi) is 8.15. The van der Waals surface area contributed by atoms with Crippen molar-refractivity contribution >= 4 is 73.6 Å². The topological polar surface area (TPSA) is 0 Å². The van der Waals surface area contributed by atoms with Crippen LogP contribution in [-0.2, 0) is 17.3 Å². The van der Waals surface area contributed by atoms with Gasteiger partial charge in [0.2, 0.25) is 0 Å². The van der Waals surface area contributed by atoms with Gasteiger partial charge < -0.3 is 0 Å². The molecule has 0 fully saturated rings. The molecule has 0 saturated heterocycles. The molecule has 0 unspecified atom stereocenters. The summed E-state index contributed by atoms with van der Waals surface area (Å²) in [5.41, 5.74) is 4.29. The SMILES string of the molecule is c1ccc2cc(CS[As](SCc3ccc4ccccc4c3)SCc3ccc4ccccc4c3)ccc2c1. The standard InChI is InChI=1S/C33H27AsS3/c1-4-10-31-19-25(13-16-28(31)7-1)22-35-34(36-23-26-14-17-29-8-2-5-11-32(29)20-26)37-24-27-15-18-30-9-3-6-12-33(30)21-27/h1-21H,22-24H2. The van der Waals surface area contributed by atoms with Crippen LogP contribution in [0.2, 0.25) is 0 Å². The molecule has 0 heterocycles. The van der Waals surface area contributed by atoms with E-state index in [9.17, 15) is 0 Å². The molecule has 0 spiro atoms. The van der Waals surface area contributed by atoms with E-state index >= 15 is 0 Å². The monoisotopic (exact) mass is 594 g/mol. The van der Waals surface area contributed by atoms with Gasteiger partial charge in [0.15, 0.2) is 0 Å². The Morgan fingerprint density at radius 3 is 0.973 bits per heavy atom. The number of benzene rings is 6. The Morgan fingerprint density at radius 2 is 0.649 bits per heavy atom. The molecule has 0 N–H and O–H groups in total. The van der Waals surface area contributed by atoms with Crippen LogP contribution in [0.3, 0.4) is 0 Å². The van der Waals surface area contributed by atoms with Crippen molar-refractivity contribution in [2.75, 3.05) is 0 Å². The van der Waals surface area contributed by atoms with Gasteiger partial charge in [-0.05, 0) is 0 Å². The molecule has 4 heteroatoms. The van der Waals surface area contributed by atoms with Crippen LogP contribution < -0.4 is 0 Å². The first-order valence-electron chi connectivity index (χ1n) is 12.4. The van der Waals surface area contributed by atoms with Gasteiger partial charge in [-0.3, -0.25) is 0 Å². The molecule has 6 rings (SSSR count). The zero-order chi connectivity index (χ0) is 24.9. The summed E-state index contributed by atoms with van der Waals surface area (Å²) in [6.45, 7) is 0. The Labute approximate surface area is 233 Å². The summed E-state index contributed by atoms with van der Waals surface area (Å²) in [6.07, 6.45) is 0. The van der Waals surface area contributed by atoms with Crippen LogP contribution in [0.15, 0.2) is 127 Å². The number of rotatable bonds is 9. The van der Waals surface area contributed by atoms with Gasteiger partial charge in [-0.25, -0.2) is 0 Å². The Balaban J connectivity index is 1.17. The molecular weight excluding hydrogens is 567 g/mol. The first-order chi connectivity index (χ1) is 18.3. The van der Waals surface area contributed by atoms with Gasteiger partial charge in [0, 0.05) is 0 Å². The predicted molar refractivity (Wildman–Crippen MR) is 171 cm³/mol. The molecule has 0 saturated carbocycles. The molecule has 6 aromatic rings. The summed E-state index contributed by atoms with van der Waals surface area (Å²) < 4.78 is 0. The van der Waals surface area contributed by atoms with Crippen molar-refractivity contribution in [2.24, 2.45) is 0 Å². The normalized spacial score (nSPS) is 11.6. The second kappa shape index (κ2) is 12.0. The molecule has 182 valence electrons. The zero-order valence-corrected chi connectivity index (χ0v) is 24.7. The minimum atomic E-state index is -1.26. The van der Waals surface area contributed by atoms with Gasteiger partial charge in [0.25, 0.3) is 0 Å². The fourth-order valence-corrected chi connectivity index (χ4v) is 20.6. The molecule has 0 aliphatic rings. The van der Waals surface area contributed by atoms with Crippen LogP contribution in [-0.4, -0.2) is 11.2 Å². The maximum atomic E-state index is 2.37. The Hall–Kier alpha value is -2.29. The zero-order valence-electron chi connectivity index (χ0n) is 20.4. The van der Waals surface area contributed by atoms with E-state index in [4.69, 9.17) is 0 Å². The maximum absolute atomic E-state index is 2.37. The predicted octanol–water partition coefficient (Wildman–Crippen LogP) is 10.2. The van der Waals surface area contributed by atoms with Crippen LogP contribution in [0.25, 0.3) is 32.3 Å². The van der Waals surface area contributed by atoms with Crippen LogP contribution in [0.1, 0.15) is 16.7 Å². The molecule has 0 radical (unpaired) electrons. The second-order valence-corrected chi connectivity index (χ2v) is 25.8. The average molecular weight is 595 g/mol. The number of fused-ring (bicyclic) bond motifs is 3. The van der Waals surface area contributed by atoms with Gasteiger partial charge in [0.1, 0.15) is 0 Å². The van der Waals surface area contributed by atoms with Gasteiger partial charge in [-0.2, -0.15) is 0 Å². The van der Waals surface area contributed by atoms with Crippen LogP contribution in [0.4, 0.5) is 0 Å². The van der Waals surface area contributed by atoms with E-state index in [0.717, 1.165) is 17.3 Å². The molecular formula is C33H27AsS3. The Morgan fingerprint density at radius 1 is 0.351 bits per heavy atom. The van der Waals surface area contributed by atoms with E-state index in [1.807, 2.05) is 0 Å². The van der Waals surface area contributed by atoms with Crippen molar-refractivity contribution in [1.82, 2.24) is 0 Å². The molecule has 0 atom stereocenters. The summed E-state index contributed by atoms with van der Waals surface area (Å²) in [5, 5.41) is 7.98. The van der Waals surface area contributed by atoms with E-state index in [2.05, 4.69) is 157 Å². The van der Waals surface area contributed by atoms with E-state index in [1.165, 1.54) is 49.0 Å². The van der Waals surface area contributed by atoms with Crippen LogP contribution in [0, 0.1) is 0 Å². The van der Waals surface area contributed by atoms with Crippen molar-refractivity contribution < 1.29 is 0 Å². The van der Waals surface area contributed by atoms with Crippen LogP contribution in [0.5, 0.6) is 0 Å². The first-order valence-corrected chi connectivity index (χ1v) is 22.1. The summed E-state index contributed by atoms with van der Waals surface area (Å²) in [4.78, 5) is 0. The molecule has 0 aliphatic carbocycles. The van der Waals surface area contributed by atoms with E-state index < -0.39 is 11.2 Å². The third-order valence-corrected chi connectivity index (χ3v) is 24.7.